The van der Waals surface area contributed by atoms with Crippen molar-refractivity contribution in [2.45, 2.75) is 38.1 Å². The number of esters is 2. The van der Waals surface area contributed by atoms with E-state index < -0.39 is 41.2 Å². The highest BCUT2D eigenvalue weighted by atomic mass is 16.5. The van der Waals surface area contributed by atoms with Crippen LogP contribution in [0.1, 0.15) is 46.3 Å². The Bertz CT molecular complexity index is 1720. The van der Waals surface area contributed by atoms with E-state index in [9.17, 15) is 24.6 Å². The lowest BCUT2D eigenvalue weighted by atomic mass is 9.61. The Kier molecular flexibility index (Phi) is 10.3. The molecule has 10 heteroatoms. The highest BCUT2D eigenvalue weighted by Crippen LogP contribution is 2.47. The summed E-state index contributed by atoms with van der Waals surface area (Å²) < 4.78 is 16.9. The van der Waals surface area contributed by atoms with Gasteiger partial charge in [0.25, 0.3) is 5.91 Å². The van der Waals surface area contributed by atoms with Crippen LogP contribution >= 0.6 is 0 Å². The van der Waals surface area contributed by atoms with Crippen molar-refractivity contribution in [3.63, 3.8) is 0 Å². The first-order valence-corrected chi connectivity index (χ1v) is 15.1. The van der Waals surface area contributed by atoms with Gasteiger partial charge in [0, 0.05) is 12.3 Å². The molecule has 4 atom stereocenters. The van der Waals surface area contributed by atoms with Crippen LogP contribution in [-0.2, 0) is 32.3 Å². The van der Waals surface area contributed by atoms with E-state index in [1.807, 2.05) is 60.7 Å². The number of amides is 1. The van der Waals surface area contributed by atoms with E-state index in [1.54, 1.807) is 36.4 Å². The van der Waals surface area contributed by atoms with Gasteiger partial charge in [-0.3, -0.25) is 14.4 Å². The predicted molar refractivity (Wildman–Crippen MR) is 173 cm³/mol. The SMILES string of the molecule is COc1ccc([C@H]2[C@@H](C(=O)OCc3ccccc3)/C(=N/NC(=O)c3ccccc3O)C[C@@](C)(O)[C@H]2C(=O)OCc2ccccc2)cc1. The second-order valence-electron chi connectivity index (χ2n) is 11.5. The molecule has 0 heterocycles. The molecule has 0 aromatic heterocycles. The van der Waals surface area contributed by atoms with Crippen molar-refractivity contribution in [1.82, 2.24) is 5.43 Å². The van der Waals surface area contributed by atoms with Crippen LogP contribution in [0.5, 0.6) is 11.5 Å². The minimum atomic E-state index is -1.77. The predicted octanol–water partition coefficient (Wildman–Crippen LogP) is 5.14. The van der Waals surface area contributed by atoms with Crippen molar-refractivity contribution >= 4 is 23.6 Å². The first-order chi connectivity index (χ1) is 22.7. The number of aliphatic hydroxyl groups is 1. The monoisotopic (exact) mass is 636 g/mol. The zero-order valence-electron chi connectivity index (χ0n) is 26.0. The minimum Gasteiger partial charge on any atom is -0.507 e. The van der Waals surface area contributed by atoms with E-state index in [-0.39, 0.29) is 36.7 Å². The summed E-state index contributed by atoms with van der Waals surface area (Å²) >= 11 is 0. The van der Waals surface area contributed by atoms with Gasteiger partial charge in [-0.05, 0) is 47.9 Å². The van der Waals surface area contributed by atoms with Crippen molar-refractivity contribution in [3.05, 3.63) is 131 Å². The first kappa shape index (κ1) is 32.9. The molecule has 10 nitrogen and oxygen atoms in total. The van der Waals surface area contributed by atoms with Crippen LogP contribution in [0.15, 0.2) is 114 Å². The molecule has 4 aromatic carbocycles. The molecule has 1 saturated carbocycles. The molecule has 0 radical (unpaired) electrons. The fourth-order valence-electron chi connectivity index (χ4n) is 5.86. The maximum Gasteiger partial charge on any atom is 0.315 e. The van der Waals surface area contributed by atoms with Gasteiger partial charge in [-0.2, -0.15) is 5.10 Å². The van der Waals surface area contributed by atoms with Gasteiger partial charge in [-0.25, -0.2) is 5.43 Å². The molecular formula is C37H36N2O8. The number of para-hydroxylation sites is 1. The third-order valence-corrected chi connectivity index (χ3v) is 8.19. The zero-order valence-corrected chi connectivity index (χ0v) is 26.0. The molecule has 0 saturated heterocycles. The normalized spacial score (nSPS) is 21.4. The Labute approximate surface area is 272 Å². The van der Waals surface area contributed by atoms with E-state index in [0.29, 0.717) is 11.3 Å². The maximum absolute atomic E-state index is 14.1. The maximum atomic E-state index is 14.1. The first-order valence-electron chi connectivity index (χ1n) is 15.1. The van der Waals surface area contributed by atoms with Crippen molar-refractivity contribution in [3.8, 4) is 11.5 Å². The highest BCUT2D eigenvalue weighted by Gasteiger charge is 2.56. The molecule has 1 amide bonds. The van der Waals surface area contributed by atoms with Crippen LogP contribution in [0.4, 0.5) is 0 Å². The number of methoxy groups -OCH3 is 1. The van der Waals surface area contributed by atoms with E-state index >= 15 is 0 Å². The number of ether oxygens (including phenoxy) is 3. The number of carbonyl (C=O) groups is 3. The van der Waals surface area contributed by atoms with Gasteiger partial charge in [0.05, 0.1) is 29.9 Å². The molecule has 0 spiro atoms. The second-order valence-corrected chi connectivity index (χ2v) is 11.5. The number of nitrogens with zero attached hydrogens (tertiary/aromatic N) is 1. The number of nitrogens with one attached hydrogen (secondary N) is 1. The Morgan fingerprint density at radius 3 is 1.94 bits per heavy atom. The van der Waals surface area contributed by atoms with Crippen LogP contribution < -0.4 is 10.2 Å². The number of aromatic hydroxyl groups is 1. The average molecular weight is 637 g/mol. The number of hydrazone groups is 1. The summed E-state index contributed by atoms with van der Waals surface area (Å²) in [5.41, 5.74) is 2.73. The molecule has 4 aromatic rings. The highest BCUT2D eigenvalue weighted by molar-refractivity contribution is 6.06. The molecule has 3 N–H and O–H groups in total. The van der Waals surface area contributed by atoms with Crippen molar-refractivity contribution in [2.24, 2.45) is 16.9 Å². The van der Waals surface area contributed by atoms with Crippen molar-refractivity contribution < 1.29 is 38.8 Å². The molecule has 5 rings (SSSR count). The van der Waals surface area contributed by atoms with E-state index in [4.69, 9.17) is 14.2 Å². The molecule has 0 bridgehead atoms. The van der Waals surface area contributed by atoms with Gasteiger partial charge in [0.15, 0.2) is 0 Å². The van der Waals surface area contributed by atoms with Gasteiger partial charge < -0.3 is 24.4 Å². The van der Waals surface area contributed by atoms with Crippen LogP contribution in [0.3, 0.4) is 0 Å². The molecule has 0 aliphatic heterocycles. The lowest BCUT2D eigenvalue weighted by Gasteiger charge is -2.45. The number of rotatable bonds is 10. The summed E-state index contributed by atoms with van der Waals surface area (Å²) in [6, 6.07) is 31.0. The smallest absolute Gasteiger partial charge is 0.315 e. The second kappa shape index (κ2) is 14.7. The summed E-state index contributed by atoms with van der Waals surface area (Å²) in [5.74, 6) is -5.31. The van der Waals surface area contributed by atoms with Crippen LogP contribution in [0.2, 0.25) is 0 Å². The van der Waals surface area contributed by atoms with Gasteiger partial charge in [0.2, 0.25) is 0 Å². The molecule has 47 heavy (non-hydrogen) atoms. The number of carbonyl (C=O) groups excluding carboxylic acids is 3. The standard InChI is InChI=1S/C37H36N2O8/c1-37(44)21-29(38-39-34(41)28-15-9-10-16-30(28)40)32(35(42)46-22-24-11-5-3-6-12-24)31(26-17-19-27(45-2)20-18-26)33(37)36(43)47-23-25-13-7-4-8-14-25/h3-20,31-33,40,44H,21-23H2,1-2H3,(H,39,41)/b38-29+/t31-,32-,33+,37+/m0/s1. The third-order valence-electron chi connectivity index (χ3n) is 8.19. The molecule has 242 valence electrons. The Morgan fingerprint density at radius 1 is 0.809 bits per heavy atom. The van der Waals surface area contributed by atoms with Crippen molar-refractivity contribution in [1.29, 1.82) is 0 Å². The van der Waals surface area contributed by atoms with Crippen LogP contribution in [0, 0.1) is 11.8 Å². The van der Waals surface area contributed by atoms with Gasteiger partial charge in [-0.1, -0.05) is 84.9 Å². The molecule has 1 aliphatic rings. The zero-order chi connectivity index (χ0) is 33.4. The number of hydrogen-bond donors (Lipinski definition) is 3. The summed E-state index contributed by atoms with van der Waals surface area (Å²) in [4.78, 5) is 41.1. The third kappa shape index (κ3) is 7.85. The van der Waals surface area contributed by atoms with Gasteiger partial charge in [0.1, 0.15) is 30.6 Å². The molecule has 0 unspecified atom stereocenters. The number of phenols is 1. The quantitative estimate of drug-likeness (QED) is 0.160. The Hall–Kier alpha value is -5.48. The summed E-state index contributed by atoms with van der Waals surface area (Å²) in [6.07, 6.45) is -0.267. The molecule has 1 aliphatic carbocycles. The van der Waals surface area contributed by atoms with Crippen LogP contribution in [-0.4, -0.2) is 46.5 Å². The minimum absolute atomic E-state index is 0.0308. The summed E-state index contributed by atoms with van der Waals surface area (Å²) in [7, 11) is 1.52. The van der Waals surface area contributed by atoms with E-state index in [1.165, 1.54) is 26.2 Å². The molecular weight excluding hydrogens is 600 g/mol. The Balaban J connectivity index is 1.56. The van der Waals surface area contributed by atoms with Gasteiger partial charge >= 0.3 is 11.9 Å². The summed E-state index contributed by atoms with van der Waals surface area (Å²) in [6.45, 7) is 1.38. The molecule has 1 fully saturated rings. The van der Waals surface area contributed by atoms with E-state index in [0.717, 1.165) is 11.1 Å². The number of hydrogen-bond acceptors (Lipinski definition) is 9. The fraction of sp³-hybridized carbons (Fsp3) is 0.243. The lowest BCUT2D eigenvalue weighted by Crippen LogP contribution is -2.55. The van der Waals surface area contributed by atoms with Gasteiger partial charge in [-0.15, -0.1) is 0 Å². The average Bonchev–Trinajstić information content (AvgIpc) is 3.09. The van der Waals surface area contributed by atoms with Crippen LogP contribution in [0.25, 0.3) is 0 Å². The van der Waals surface area contributed by atoms with Crippen molar-refractivity contribution in [2.75, 3.05) is 7.11 Å². The lowest BCUT2D eigenvalue weighted by molar-refractivity contribution is -0.165. The largest absolute Gasteiger partial charge is 0.507 e. The number of phenolic OH excluding ortho intramolecular Hbond substituents is 1. The fourth-order valence-corrected chi connectivity index (χ4v) is 5.86. The number of benzene rings is 4. The Morgan fingerprint density at radius 2 is 1.36 bits per heavy atom. The van der Waals surface area contributed by atoms with E-state index in [2.05, 4.69) is 10.5 Å². The topological polar surface area (TPSA) is 144 Å². The summed E-state index contributed by atoms with van der Waals surface area (Å²) in [5, 5.41) is 26.4.